The third kappa shape index (κ3) is 3.55. The fraction of sp³-hybridized carbons (Fsp3) is 0.0556. The first-order chi connectivity index (χ1) is 11.6. The molecule has 0 heterocycles. The maximum Gasteiger partial charge on any atom is 0.271 e. The molecular formula is C18H15NO4S. The number of carbonyl (C=O) groups excluding carboxylic acids is 1. The Hall–Kier alpha value is -2.86. The molecule has 0 bridgehead atoms. The quantitative estimate of drug-likeness (QED) is 0.774. The number of rotatable bonds is 5. The molecule has 0 aromatic heterocycles. The van der Waals surface area contributed by atoms with Crippen LogP contribution >= 0.6 is 0 Å². The van der Waals surface area contributed by atoms with Crippen molar-refractivity contribution in [3.8, 4) is 5.75 Å². The van der Waals surface area contributed by atoms with Crippen molar-refractivity contribution in [2.75, 3.05) is 6.61 Å². The number of hydrogen-bond donors (Lipinski definition) is 1. The fourth-order valence-electron chi connectivity index (χ4n) is 2.30. The summed E-state index contributed by atoms with van der Waals surface area (Å²) >= 11 is 0. The van der Waals surface area contributed by atoms with E-state index in [0.717, 1.165) is 10.8 Å². The molecule has 3 rings (SSSR count). The zero-order valence-corrected chi connectivity index (χ0v) is 13.5. The maximum atomic E-state index is 12.1. The highest BCUT2D eigenvalue weighted by molar-refractivity contribution is 7.90. The van der Waals surface area contributed by atoms with Gasteiger partial charge in [0, 0.05) is 5.39 Å². The SMILES string of the molecule is O=C(COc1cccc2ccccc12)NS(=O)(=O)c1ccccc1. The molecule has 6 heteroatoms. The van der Waals surface area contributed by atoms with Crippen LogP contribution in [0.1, 0.15) is 0 Å². The summed E-state index contributed by atoms with van der Waals surface area (Å²) in [4.78, 5) is 12.0. The van der Waals surface area contributed by atoms with Gasteiger partial charge >= 0.3 is 0 Å². The second kappa shape index (κ2) is 6.72. The van der Waals surface area contributed by atoms with Gasteiger partial charge in [0.2, 0.25) is 0 Å². The Kier molecular flexibility index (Phi) is 4.48. The Morgan fingerprint density at radius 3 is 2.33 bits per heavy atom. The number of fused-ring (bicyclic) bond motifs is 1. The van der Waals surface area contributed by atoms with E-state index >= 15 is 0 Å². The molecule has 24 heavy (non-hydrogen) atoms. The van der Waals surface area contributed by atoms with Crippen molar-refractivity contribution in [1.29, 1.82) is 0 Å². The minimum atomic E-state index is -3.89. The Labute approximate surface area is 139 Å². The number of sulfonamides is 1. The molecule has 0 aliphatic rings. The molecule has 5 nitrogen and oxygen atoms in total. The zero-order valence-electron chi connectivity index (χ0n) is 12.7. The van der Waals surface area contributed by atoms with Gasteiger partial charge in [-0.3, -0.25) is 4.79 Å². The Morgan fingerprint density at radius 2 is 1.54 bits per heavy atom. The number of hydrogen-bond acceptors (Lipinski definition) is 4. The van der Waals surface area contributed by atoms with Crippen LogP contribution in [0.4, 0.5) is 0 Å². The molecule has 0 fully saturated rings. The van der Waals surface area contributed by atoms with Crippen molar-refractivity contribution in [1.82, 2.24) is 4.72 Å². The molecule has 0 saturated heterocycles. The van der Waals surface area contributed by atoms with E-state index in [1.807, 2.05) is 41.1 Å². The van der Waals surface area contributed by atoms with E-state index in [1.165, 1.54) is 12.1 Å². The van der Waals surface area contributed by atoms with E-state index in [2.05, 4.69) is 0 Å². The molecule has 1 N–H and O–H groups in total. The van der Waals surface area contributed by atoms with Crippen LogP contribution in [0.2, 0.25) is 0 Å². The van der Waals surface area contributed by atoms with Crippen molar-refractivity contribution in [3.63, 3.8) is 0 Å². The van der Waals surface area contributed by atoms with Crippen LogP contribution in [0, 0.1) is 0 Å². The van der Waals surface area contributed by atoms with Crippen LogP contribution in [0.15, 0.2) is 77.7 Å². The molecule has 0 saturated carbocycles. The minimum Gasteiger partial charge on any atom is -0.483 e. The van der Waals surface area contributed by atoms with Crippen LogP contribution in [0.3, 0.4) is 0 Å². The van der Waals surface area contributed by atoms with E-state index in [-0.39, 0.29) is 11.5 Å². The molecule has 0 unspecified atom stereocenters. The van der Waals surface area contributed by atoms with Crippen LogP contribution in [0.25, 0.3) is 10.8 Å². The monoisotopic (exact) mass is 341 g/mol. The van der Waals surface area contributed by atoms with E-state index in [9.17, 15) is 13.2 Å². The van der Waals surface area contributed by atoms with Gasteiger partial charge in [0.05, 0.1) is 4.90 Å². The van der Waals surface area contributed by atoms with E-state index in [1.54, 1.807) is 24.3 Å². The largest absolute Gasteiger partial charge is 0.483 e. The molecule has 0 aliphatic carbocycles. The van der Waals surface area contributed by atoms with Gasteiger partial charge in [-0.05, 0) is 23.6 Å². The third-order valence-electron chi connectivity index (χ3n) is 3.41. The first kappa shape index (κ1) is 16.0. The van der Waals surface area contributed by atoms with Crippen LogP contribution in [-0.4, -0.2) is 20.9 Å². The molecule has 3 aromatic rings. The summed E-state index contributed by atoms with van der Waals surface area (Å²) in [7, 11) is -3.89. The molecule has 0 atom stereocenters. The second-order valence-corrected chi connectivity index (χ2v) is 6.79. The number of amides is 1. The van der Waals surface area contributed by atoms with Gasteiger partial charge in [-0.2, -0.15) is 0 Å². The minimum absolute atomic E-state index is 0.0310. The van der Waals surface area contributed by atoms with Crippen molar-refractivity contribution >= 4 is 26.7 Å². The summed E-state index contributed by atoms with van der Waals surface area (Å²) in [6.07, 6.45) is 0. The molecule has 0 aliphatic heterocycles. The zero-order chi connectivity index (χ0) is 17.0. The highest BCUT2D eigenvalue weighted by Crippen LogP contribution is 2.24. The van der Waals surface area contributed by atoms with Gasteiger partial charge < -0.3 is 4.74 Å². The van der Waals surface area contributed by atoms with Gasteiger partial charge in [0.1, 0.15) is 5.75 Å². The lowest BCUT2D eigenvalue weighted by Gasteiger charge is -2.10. The van der Waals surface area contributed by atoms with Crippen LogP contribution in [-0.2, 0) is 14.8 Å². The average molecular weight is 341 g/mol. The summed E-state index contributed by atoms with van der Waals surface area (Å²) in [6.45, 7) is -0.389. The highest BCUT2D eigenvalue weighted by Gasteiger charge is 2.17. The average Bonchev–Trinajstić information content (AvgIpc) is 2.60. The summed E-state index contributed by atoms with van der Waals surface area (Å²) in [5.74, 6) is -0.202. The van der Waals surface area contributed by atoms with Crippen molar-refractivity contribution in [2.45, 2.75) is 4.90 Å². The summed E-state index contributed by atoms with van der Waals surface area (Å²) in [5, 5.41) is 1.84. The number of benzene rings is 3. The smallest absolute Gasteiger partial charge is 0.271 e. The number of ether oxygens (including phenoxy) is 1. The lowest BCUT2D eigenvalue weighted by Crippen LogP contribution is -2.34. The molecular weight excluding hydrogens is 326 g/mol. The van der Waals surface area contributed by atoms with Gasteiger partial charge in [-0.1, -0.05) is 54.6 Å². The van der Waals surface area contributed by atoms with Crippen LogP contribution in [0.5, 0.6) is 5.75 Å². The summed E-state index contributed by atoms with van der Waals surface area (Å²) in [5.41, 5.74) is 0. The number of nitrogens with one attached hydrogen (secondary N) is 1. The Morgan fingerprint density at radius 1 is 0.875 bits per heavy atom. The van der Waals surface area contributed by atoms with Gasteiger partial charge in [-0.25, -0.2) is 13.1 Å². The predicted octanol–water partition coefficient (Wildman–Crippen LogP) is 2.72. The second-order valence-electron chi connectivity index (χ2n) is 5.11. The fourth-order valence-corrected chi connectivity index (χ4v) is 3.29. The highest BCUT2D eigenvalue weighted by atomic mass is 32.2. The van der Waals surface area contributed by atoms with E-state index in [0.29, 0.717) is 5.75 Å². The first-order valence-corrected chi connectivity index (χ1v) is 8.76. The molecule has 1 amide bonds. The predicted molar refractivity (Wildman–Crippen MR) is 91.2 cm³/mol. The summed E-state index contributed by atoms with van der Waals surface area (Å²) < 4.78 is 31.6. The Balaban J connectivity index is 1.70. The maximum absolute atomic E-state index is 12.1. The van der Waals surface area contributed by atoms with Crippen molar-refractivity contribution in [3.05, 3.63) is 72.8 Å². The summed E-state index contributed by atoms with van der Waals surface area (Å²) in [6, 6.07) is 20.8. The topological polar surface area (TPSA) is 72.5 Å². The lowest BCUT2D eigenvalue weighted by molar-refractivity contribution is -0.121. The molecule has 122 valence electrons. The van der Waals surface area contributed by atoms with Gasteiger partial charge in [0.15, 0.2) is 6.61 Å². The molecule has 0 radical (unpaired) electrons. The first-order valence-electron chi connectivity index (χ1n) is 7.27. The van der Waals surface area contributed by atoms with Crippen LogP contribution < -0.4 is 9.46 Å². The standard InChI is InChI=1S/C18H15NO4S/c20-18(19-24(21,22)15-9-2-1-3-10-15)13-23-17-12-6-8-14-7-4-5-11-16(14)17/h1-12H,13H2,(H,19,20). The Bertz CT molecular complexity index is 963. The van der Waals surface area contributed by atoms with Crippen molar-refractivity contribution < 1.29 is 17.9 Å². The molecule has 0 spiro atoms. The van der Waals surface area contributed by atoms with Gasteiger partial charge in [0.25, 0.3) is 15.9 Å². The third-order valence-corrected chi connectivity index (χ3v) is 4.80. The van der Waals surface area contributed by atoms with Gasteiger partial charge in [-0.15, -0.1) is 0 Å². The molecule has 3 aromatic carbocycles. The van der Waals surface area contributed by atoms with Crippen molar-refractivity contribution in [2.24, 2.45) is 0 Å². The normalized spacial score (nSPS) is 11.2. The van der Waals surface area contributed by atoms with E-state index < -0.39 is 15.9 Å². The lowest BCUT2D eigenvalue weighted by atomic mass is 10.1. The number of carbonyl (C=O) groups is 1. The van der Waals surface area contributed by atoms with E-state index in [4.69, 9.17) is 4.74 Å².